The van der Waals surface area contributed by atoms with Crippen molar-refractivity contribution in [3.05, 3.63) is 18.2 Å². The Morgan fingerprint density at radius 1 is 1.35 bits per heavy atom. The third kappa shape index (κ3) is 5.30. The van der Waals surface area contributed by atoms with Gasteiger partial charge in [-0.1, -0.05) is 19.6 Å². The molecule has 11 heteroatoms. The summed E-state index contributed by atoms with van der Waals surface area (Å²) in [6, 6.07) is 6.63. The van der Waals surface area contributed by atoms with E-state index in [-0.39, 0.29) is 25.3 Å². The molecular formula is C23H35N5O5Si. The van der Waals surface area contributed by atoms with E-state index < -0.39 is 20.2 Å². The van der Waals surface area contributed by atoms with E-state index in [1.165, 1.54) is 5.01 Å². The van der Waals surface area contributed by atoms with E-state index in [9.17, 15) is 9.59 Å². The van der Waals surface area contributed by atoms with Crippen molar-refractivity contribution in [1.82, 2.24) is 10.3 Å². The number of hydrazone groups is 1. The maximum atomic E-state index is 13.1. The number of benzene rings is 1. The normalized spacial score (nSPS) is 22.2. The van der Waals surface area contributed by atoms with Crippen LogP contribution in [0.25, 0.3) is 0 Å². The topological polar surface area (TPSA) is 107 Å². The number of amidine groups is 1. The number of ether oxygens (including phenoxy) is 2. The number of hydrogen-bond donors (Lipinski definition) is 2. The fourth-order valence-electron chi connectivity index (χ4n) is 4.58. The van der Waals surface area contributed by atoms with Crippen molar-refractivity contribution < 1.29 is 24.2 Å². The number of amides is 2. The lowest BCUT2D eigenvalue weighted by Crippen LogP contribution is -2.57. The van der Waals surface area contributed by atoms with Gasteiger partial charge in [0.1, 0.15) is 25.1 Å². The van der Waals surface area contributed by atoms with Gasteiger partial charge in [0.15, 0.2) is 5.84 Å². The molecule has 2 atom stereocenters. The van der Waals surface area contributed by atoms with E-state index in [1.54, 1.807) is 0 Å². The predicted molar refractivity (Wildman–Crippen MR) is 134 cm³/mol. The third-order valence-corrected chi connectivity index (χ3v) is 8.18. The number of anilines is 2. The molecule has 1 aromatic carbocycles. The molecule has 2 N–H and O–H groups in total. The molecule has 0 radical (unpaired) electrons. The van der Waals surface area contributed by atoms with Crippen molar-refractivity contribution in [2.75, 3.05) is 42.8 Å². The van der Waals surface area contributed by atoms with Gasteiger partial charge in [-0.05, 0) is 44.0 Å². The van der Waals surface area contributed by atoms with Crippen LogP contribution in [0.2, 0.25) is 25.7 Å². The standard InChI is InChI=1S/C23H35N5O5Si/c1-16-22(29)27(15-32-10-11-34(2,3)4)25-21-14-33-20-8-7-17(12-19(20)28(16)21)26-9-5-6-18(26)13-24-23(30)31/h7-8,12,16,18,24H,5-6,9-11,13-15H2,1-4H3,(H,30,31). The zero-order valence-corrected chi connectivity index (χ0v) is 21.4. The Morgan fingerprint density at radius 3 is 2.88 bits per heavy atom. The van der Waals surface area contributed by atoms with Crippen LogP contribution < -0.4 is 19.9 Å². The molecule has 10 nitrogen and oxygen atoms in total. The van der Waals surface area contributed by atoms with Gasteiger partial charge >= 0.3 is 6.09 Å². The third-order valence-electron chi connectivity index (χ3n) is 6.48. The minimum atomic E-state index is -1.20. The smallest absolute Gasteiger partial charge is 0.404 e. The lowest BCUT2D eigenvalue weighted by molar-refractivity contribution is -0.138. The van der Waals surface area contributed by atoms with Gasteiger partial charge in [-0.2, -0.15) is 5.10 Å². The van der Waals surface area contributed by atoms with E-state index >= 15 is 0 Å². The highest BCUT2D eigenvalue weighted by Crippen LogP contribution is 2.40. The summed E-state index contributed by atoms with van der Waals surface area (Å²) in [6.45, 7) is 11.0. The number of nitrogens with zero attached hydrogens (tertiary/aromatic N) is 4. The fraction of sp³-hybridized carbons (Fsp3) is 0.609. The monoisotopic (exact) mass is 489 g/mol. The molecular weight excluding hydrogens is 454 g/mol. The van der Waals surface area contributed by atoms with Crippen LogP contribution in [0.5, 0.6) is 5.75 Å². The predicted octanol–water partition coefficient (Wildman–Crippen LogP) is 2.98. The first-order valence-corrected chi connectivity index (χ1v) is 15.6. The van der Waals surface area contributed by atoms with Crippen molar-refractivity contribution in [3.8, 4) is 5.75 Å². The van der Waals surface area contributed by atoms with Crippen molar-refractivity contribution in [2.24, 2.45) is 5.10 Å². The Labute approximate surface area is 201 Å². The molecule has 0 aliphatic carbocycles. The van der Waals surface area contributed by atoms with Gasteiger partial charge in [-0.25, -0.2) is 9.80 Å². The first-order valence-electron chi connectivity index (χ1n) is 11.9. The Bertz CT molecular complexity index is 966. The average molecular weight is 490 g/mol. The molecule has 34 heavy (non-hydrogen) atoms. The van der Waals surface area contributed by atoms with Crippen LogP contribution >= 0.6 is 0 Å². The Balaban J connectivity index is 1.51. The molecule has 1 saturated heterocycles. The lowest BCUT2D eigenvalue weighted by Gasteiger charge is -2.41. The fourth-order valence-corrected chi connectivity index (χ4v) is 5.34. The van der Waals surface area contributed by atoms with Crippen molar-refractivity contribution in [3.63, 3.8) is 0 Å². The molecule has 4 rings (SSSR count). The first-order chi connectivity index (χ1) is 16.1. The summed E-state index contributed by atoms with van der Waals surface area (Å²) in [4.78, 5) is 28.2. The average Bonchev–Trinajstić information content (AvgIpc) is 3.25. The quantitative estimate of drug-likeness (QED) is 0.427. The number of rotatable bonds is 8. The van der Waals surface area contributed by atoms with E-state index in [4.69, 9.17) is 14.6 Å². The van der Waals surface area contributed by atoms with Gasteiger partial charge in [0.25, 0.3) is 5.91 Å². The minimum absolute atomic E-state index is 0.0935. The molecule has 3 heterocycles. The van der Waals surface area contributed by atoms with E-state index in [2.05, 4.69) is 35.0 Å². The highest BCUT2D eigenvalue weighted by atomic mass is 28.3. The van der Waals surface area contributed by atoms with E-state index in [0.717, 1.165) is 36.8 Å². The van der Waals surface area contributed by atoms with E-state index in [0.29, 0.717) is 24.7 Å². The van der Waals surface area contributed by atoms with Crippen LogP contribution in [0, 0.1) is 0 Å². The lowest BCUT2D eigenvalue weighted by atomic mass is 10.1. The van der Waals surface area contributed by atoms with Crippen LogP contribution in [-0.2, 0) is 9.53 Å². The molecule has 0 aromatic heterocycles. The van der Waals surface area contributed by atoms with Crippen LogP contribution in [0.1, 0.15) is 19.8 Å². The highest BCUT2D eigenvalue weighted by Gasteiger charge is 2.39. The van der Waals surface area contributed by atoms with Crippen LogP contribution in [0.3, 0.4) is 0 Å². The highest BCUT2D eigenvalue weighted by molar-refractivity contribution is 6.76. The van der Waals surface area contributed by atoms with Gasteiger partial charge in [0.05, 0.1) is 5.69 Å². The largest absolute Gasteiger partial charge is 0.483 e. The van der Waals surface area contributed by atoms with Gasteiger partial charge in [0.2, 0.25) is 0 Å². The second-order valence-corrected chi connectivity index (χ2v) is 15.9. The van der Waals surface area contributed by atoms with Crippen LogP contribution in [0.4, 0.5) is 16.2 Å². The molecule has 3 aliphatic heterocycles. The zero-order chi connectivity index (χ0) is 24.5. The van der Waals surface area contributed by atoms with Gasteiger partial charge < -0.3 is 29.7 Å². The Morgan fingerprint density at radius 2 is 2.15 bits per heavy atom. The minimum Gasteiger partial charge on any atom is -0.483 e. The van der Waals surface area contributed by atoms with Crippen molar-refractivity contribution in [2.45, 2.75) is 57.5 Å². The molecule has 186 valence electrons. The molecule has 0 spiro atoms. The SMILES string of the molecule is CC1C(=O)N(COCC[Si](C)(C)C)N=C2COc3ccc(N4CCCC4CNC(=O)O)cc3N21. The first kappa shape index (κ1) is 24.3. The Kier molecular flexibility index (Phi) is 7.03. The number of carbonyl (C=O) groups excluding carboxylic acids is 1. The van der Waals surface area contributed by atoms with Gasteiger partial charge in [-0.3, -0.25) is 4.79 Å². The molecule has 3 aliphatic rings. The van der Waals surface area contributed by atoms with Crippen LogP contribution in [0.15, 0.2) is 23.3 Å². The molecule has 0 saturated carbocycles. The number of hydrogen-bond acceptors (Lipinski definition) is 7. The van der Waals surface area contributed by atoms with Gasteiger partial charge in [0, 0.05) is 39.5 Å². The van der Waals surface area contributed by atoms with Crippen molar-refractivity contribution >= 4 is 37.3 Å². The summed E-state index contributed by atoms with van der Waals surface area (Å²) in [5.41, 5.74) is 1.79. The summed E-state index contributed by atoms with van der Waals surface area (Å²) in [7, 11) is -1.20. The maximum absolute atomic E-state index is 13.1. The summed E-state index contributed by atoms with van der Waals surface area (Å²) in [5, 5.41) is 17.5. The second-order valence-electron chi connectivity index (χ2n) is 10.3. The summed E-state index contributed by atoms with van der Waals surface area (Å²) >= 11 is 0. The number of carboxylic acid groups (broad SMARTS) is 1. The second kappa shape index (κ2) is 9.83. The number of carbonyl (C=O) groups is 2. The molecule has 0 bridgehead atoms. The molecule has 2 amide bonds. The van der Waals surface area contributed by atoms with Crippen LogP contribution in [-0.4, -0.2) is 81.1 Å². The van der Waals surface area contributed by atoms with Crippen molar-refractivity contribution in [1.29, 1.82) is 0 Å². The molecule has 2 unspecified atom stereocenters. The zero-order valence-electron chi connectivity index (χ0n) is 20.4. The summed E-state index contributed by atoms with van der Waals surface area (Å²) in [5.74, 6) is 1.28. The molecule has 1 aromatic rings. The van der Waals surface area contributed by atoms with Gasteiger partial charge in [-0.15, -0.1) is 0 Å². The Hall–Kier alpha value is -2.79. The molecule has 1 fully saturated rings. The maximum Gasteiger partial charge on any atom is 0.404 e. The summed E-state index contributed by atoms with van der Waals surface area (Å²) < 4.78 is 11.7. The number of nitrogens with one attached hydrogen (secondary N) is 1. The van der Waals surface area contributed by atoms with E-state index in [1.807, 2.05) is 30.0 Å². The number of fused-ring (bicyclic) bond motifs is 3. The summed E-state index contributed by atoms with van der Waals surface area (Å²) in [6.07, 6.45) is 0.907.